The quantitative estimate of drug-likeness (QED) is 0.158. The lowest BCUT2D eigenvalue weighted by Gasteiger charge is -2.23. The smallest absolute Gasteiger partial charge is 0.201 e. The van der Waals surface area contributed by atoms with Gasteiger partial charge in [0.2, 0.25) is 29.2 Å². The first-order valence-electron chi connectivity index (χ1n) is 17.0. The van der Waals surface area contributed by atoms with Crippen molar-refractivity contribution in [2.75, 3.05) is 0 Å². The lowest BCUT2D eigenvalue weighted by molar-refractivity contribution is -0.790. The van der Waals surface area contributed by atoms with Crippen LogP contribution in [0.1, 0.15) is 41.3 Å². The average Bonchev–Trinajstić information content (AvgIpc) is 3.47. The fraction of sp³-hybridized carbons (Fsp3) is 0.133. The van der Waals surface area contributed by atoms with E-state index in [2.05, 4.69) is 199 Å². The highest BCUT2D eigenvalue weighted by molar-refractivity contribution is 5.71. The summed E-state index contributed by atoms with van der Waals surface area (Å²) in [5, 5.41) is 0. The average molecular weight is 623 g/mol. The minimum Gasteiger partial charge on any atom is -0.201 e. The van der Waals surface area contributed by atoms with Gasteiger partial charge >= 0.3 is 0 Å². The molecule has 0 saturated heterocycles. The van der Waals surface area contributed by atoms with E-state index < -0.39 is 0 Å². The molecular formula is C45H40N3+3. The van der Waals surface area contributed by atoms with E-state index >= 15 is 0 Å². The molecule has 2 atom stereocenters. The number of nitrogens with zero attached hydrogens (tertiary/aromatic N) is 3. The van der Waals surface area contributed by atoms with Crippen molar-refractivity contribution < 1.29 is 13.7 Å². The third kappa shape index (κ3) is 5.03. The third-order valence-electron chi connectivity index (χ3n) is 10.0. The Balaban J connectivity index is 1.51. The lowest BCUT2D eigenvalue weighted by atomic mass is 9.87. The molecule has 4 aromatic carbocycles. The highest BCUT2D eigenvalue weighted by Gasteiger charge is 2.49. The van der Waals surface area contributed by atoms with Gasteiger partial charge in [-0.3, -0.25) is 0 Å². The van der Waals surface area contributed by atoms with E-state index in [0.717, 1.165) is 6.42 Å². The first-order chi connectivity index (χ1) is 23.6. The van der Waals surface area contributed by atoms with Crippen LogP contribution in [0.3, 0.4) is 0 Å². The third-order valence-corrected chi connectivity index (χ3v) is 10.0. The summed E-state index contributed by atoms with van der Waals surface area (Å²) in [6.45, 7) is 4.52. The molecule has 0 spiro atoms. The van der Waals surface area contributed by atoms with Crippen molar-refractivity contribution >= 4 is 0 Å². The van der Waals surface area contributed by atoms with Crippen LogP contribution >= 0.6 is 0 Å². The van der Waals surface area contributed by atoms with Gasteiger partial charge in [-0.05, 0) is 60.4 Å². The maximum absolute atomic E-state index is 2.60. The maximum atomic E-state index is 2.60. The topological polar surface area (TPSA) is 11.6 Å². The highest BCUT2D eigenvalue weighted by Crippen LogP contribution is 2.43. The molecular weight excluding hydrogens is 583 g/mol. The van der Waals surface area contributed by atoms with E-state index in [1.165, 1.54) is 67.2 Å². The number of fused-ring (bicyclic) bond motifs is 3. The summed E-state index contributed by atoms with van der Waals surface area (Å²) in [5.74, 6) is 0. The number of hydrogen-bond donors (Lipinski definition) is 0. The molecule has 0 amide bonds. The summed E-state index contributed by atoms with van der Waals surface area (Å²) in [4.78, 5) is 0. The van der Waals surface area contributed by atoms with Gasteiger partial charge in [-0.1, -0.05) is 91.9 Å². The molecule has 0 radical (unpaired) electrons. The Bertz CT molecular complexity index is 2220. The minimum absolute atomic E-state index is 0.0106. The normalized spacial score (nSPS) is 13.9. The van der Waals surface area contributed by atoms with E-state index in [1.807, 2.05) is 0 Å². The van der Waals surface area contributed by atoms with Crippen molar-refractivity contribution in [3.8, 4) is 44.9 Å². The minimum atomic E-state index is -0.0841. The zero-order valence-electron chi connectivity index (χ0n) is 27.8. The van der Waals surface area contributed by atoms with Crippen molar-refractivity contribution in [1.82, 2.24) is 0 Å². The van der Waals surface area contributed by atoms with Crippen LogP contribution < -0.4 is 13.7 Å². The molecule has 7 aromatic rings. The molecule has 3 aromatic heterocycles. The summed E-state index contributed by atoms with van der Waals surface area (Å²) in [6.07, 6.45) is 7.81. The molecule has 8 rings (SSSR count). The van der Waals surface area contributed by atoms with Gasteiger partial charge in [-0.15, -0.1) is 0 Å². The molecule has 0 aliphatic carbocycles. The molecule has 1 aliphatic rings. The molecule has 0 bridgehead atoms. The van der Waals surface area contributed by atoms with Gasteiger partial charge in [-0.25, -0.2) is 4.57 Å². The second kappa shape index (κ2) is 12.5. The van der Waals surface area contributed by atoms with Gasteiger partial charge in [0.15, 0.2) is 18.6 Å². The first-order valence-corrected chi connectivity index (χ1v) is 17.0. The van der Waals surface area contributed by atoms with E-state index in [0.29, 0.717) is 0 Å². The number of benzene rings is 4. The fourth-order valence-corrected chi connectivity index (χ4v) is 7.76. The zero-order chi connectivity index (χ0) is 32.6. The Hall–Kier alpha value is -5.67. The van der Waals surface area contributed by atoms with Gasteiger partial charge in [0, 0.05) is 52.6 Å². The van der Waals surface area contributed by atoms with Crippen molar-refractivity contribution in [2.24, 2.45) is 7.05 Å². The first kappa shape index (κ1) is 29.7. The van der Waals surface area contributed by atoms with Gasteiger partial charge in [0.05, 0.1) is 11.1 Å². The molecule has 232 valence electrons. The Labute approximate surface area is 283 Å². The van der Waals surface area contributed by atoms with Gasteiger partial charge in [0.1, 0.15) is 7.05 Å². The van der Waals surface area contributed by atoms with E-state index in [9.17, 15) is 0 Å². The van der Waals surface area contributed by atoms with Crippen LogP contribution in [0.15, 0.2) is 164 Å². The molecule has 0 saturated carbocycles. The maximum Gasteiger partial charge on any atom is 0.250 e. The number of pyridine rings is 3. The molecule has 0 fully saturated rings. The molecule has 1 aliphatic heterocycles. The second-order valence-corrected chi connectivity index (χ2v) is 12.8. The van der Waals surface area contributed by atoms with Crippen molar-refractivity contribution in [1.29, 1.82) is 0 Å². The molecule has 48 heavy (non-hydrogen) atoms. The van der Waals surface area contributed by atoms with Gasteiger partial charge in [-0.2, -0.15) is 9.13 Å². The van der Waals surface area contributed by atoms with Crippen molar-refractivity contribution in [3.63, 3.8) is 0 Å². The standard InChI is InChI=1S/C45H40N3/c1-4-33-18-8-9-21-35(33)43-30-32(2)40(34-19-6-5-7-20-34)31-48(43)45(38-24-12-10-22-36(38)41-26-14-16-28-46(41)3)44-39-25-13-11-23-37(39)42-27-15-17-29-47(42)44/h5-31,44-45H,4H2,1-3H3/q+3. The highest BCUT2D eigenvalue weighted by atomic mass is 15.1. The van der Waals surface area contributed by atoms with Crippen molar-refractivity contribution in [3.05, 3.63) is 186 Å². The largest absolute Gasteiger partial charge is 0.250 e. The van der Waals surface area contributed by atoms with Crippen LogP contribution in [0.4, 0.5) is 0 Å². The van der Waals surface area contributed by atoms with E-state index in [-0.39, 0.29) is 12.1 Å². The van der Waals surface area contributed by atoms with Crippen molar-refractivity contribution in [2.45, 2.75) is 32.4 Å². The molecule has 4 heterocycles. The van der Waals surface area contributed by atoms with Crippen LogP contribution in [0.5, 0.6) is 0 Å². The summed E-state index contributed by atoms with van der Waals surface area (Å²) < 4.78 is 7.34. The summed E-state index contributed by atoms with van der Waals surface area (Å²) in [7, 11) is 2.14. The molecule has 0 N–H and O–H groups in total. The Morgan fingerprint density at radius 3 is 2.02 bits per heavy atom. The Morgan fingerprint density at radius 2 is 1.23 bits per heavy atom. The van der Waals surface area contributed by atoms with Crippen LogP contribution in [-0.2, 0) is 13.5 Å². The summed E-state index contributed by atoms with van der Waals surface area (Å²) in [6, 6.07) is 53.2. The molecule has 3 heteroatoms. The van der Waals surface area contributed by atoms with Crippen LogP contribution in [0.2, 0.25) is 0 Å². The van der Waals surface area contributed by atoms with Crippen LogP contribution in [0.25, 0.3) is 44.9 Å². The number of rotatable bonds is 7. The fourth-order valence-electron chi connectivity index (χ4n) is 7.76. The van der Waals surface area contributed by atoms with E-state index in [4.69, 9.17) is 0 Å². The van der Waals surface area contributed by atoms with E-state index in [1.54, 1.807) is 0 Å². The Morgan fingerprint density at radius 1 is 0.583 bits per heavy atom. The predicted molar refractivity (Wildman–Crippen MR) is 193 cm³/mol. The number of aromatic nitrogens is 3. The van der Waals surface area contributed by atoms with Gasteiger partial charge < -0.3 is 0 Å². The Kier molecular flexibility index (Phi) is 7.74. The van der Waals surface area contributed by atoms with Crippen LogP contribution in [-0.4, -0.2) is 0 Å². The summed E-state index contributed by atoms with van der Waals surface area (Å²) >= 11 is 0. The monoisotopic (exact) mass is 622 g/mol. The molecule has 3 nitrogen and oxygen atoms in total. The zero-order valence-corrected chi connectivity index (χ0v) is 27.8. The predicted octanol–water partition coefficient (Wildman–Crippen LogP) is 8.82. The SMILES string of the molecule is CCc1ccccc1-c1cc(C)c(-c2ccccc2)c[n+]1C(c1ccccc1-c1cccc[n+]1C)C1c2ccccc2-c2cccc[n+]21. The van der Waals surface area contributed by atoms with Gasteiger partial charge in [0.25, 0.3) is 0 Å². The molecule has 2 unspecified atom stereocenters. The summed E-state index contributed by atoms with van der Waals surface area (Å²) in [5.41, 5.74) is 15.2. The van der Waals surface area contributed by atoms with Crippen LogP contribution in [0, 0.1) is 6.92 Å². The lowest BCUT2D eigenvalue weighted by Crippen LogP contribution is -2.53. The second-order valence-electron chi connectivity index (χ2n) is 12.8. The number of aryl methyl sites for hydroxylation is 3. The number of hydrogen-bond acceptors (Lipinski definition) is 0.